The standard InChI is InChI=1S/C17H11Cl2NO5/c18-10-2-1-3-11(19)16(10)17(23)25-7-13(21)9-4-5-14-12(6-9)20-15(22)8-24-14/h1-6H,7-8H2,(H,20,22). The van der Waals surface area contributed by atoms with Gasteiger partial charge in [-0.3, -0.25) is 9.59 Å². The van der Waals surface area contributed by atoms with Crippen LogP contribution < -0.4 is 10.1 Å². The summed E-state index contributed by atoms with van der Waals surface area (Å²) in [6.07, 6.45) is 0. The molecule has 0 saturated heterocycles. The fraction of sp³-hybridized carbons (Fsp3) is 0.118. The van der Waals surface area contributed by atoms with E-state index in [1.54, 1.807) is 12.1 Å². The molecule has 0 aliphatic carbocycles. The molecule has 0 spiro atoms. The van der Waals surface area contributed by atoms with E-state index in [9.17, 15) is 14.4 Å². The van der Waals surface area contributed by atoms with Crippen LogP contribution in [0.1, 0.15) is 20.7 Å². The summed E-state index contributed by atoms with van der Waals surface area (Å²) in [5.74, 6) is -1.08. The van der Waals surface area contributed by atoms with E-state index in [-0.39, 0.29) is 33.7 Å². The number of nitrogens with one attached hydrogen (secondary N) is 1. The van der Waals surface area contributed by atoms with Gasteiger partial charge in [-0.2, -0.15) is 0 Å². The van der Waals surface area contributed by atoms with Crippen LogP contribution in [0.15, 0.2) is 36.4 Å². The maximum absolute atomic E-state index is 12.2. The molecule has 25 heavy (non-hydrogen) atoms. The predicted octanol–water partition coefficient (Wildman–Crippen LogP) is 3.36. The van der Waals surface area contributed by atoms with Gasteiger partial charge in [0.25, 0.3) is 5.91 Å². The minimum absolute atomic E-state index is 0.00439. The van der Waals surface area contributed by atoms with Crippen LogP contribution in [0.4, 0.5) is 5.69 Å². The van der Waals surface area contributed by atoms with Crippen LogP contribution in [0.5, 0.6) is 5.75 Å². The average molecular weight is 380 g/mol. The summed E-state index contributed by atoms with van der Waals surface area (Å²) in [7, 11) is 0. The third-order valence-electron chi connectivity index (χ3n) is 3.44. The van der Waals surface area contributed by atoms with Gasteiger partial charge in [0.2, 0.25) is 0 Å². The van der Waals surface area contributed by atoms with Crippen LogP contribution in [-0.2, 0) is 9.53 Å². The fourth-order valence-corrected chi connectivity index (χ4v) is 2.79. The summed E-state index contributed by atoms with van der Waals surface area (Å²) in [5, 5.41) is 2.88. The predicted molar refractivity (Wildman–Crippen MR) is 91.6 cm³/mol. The number of rotatable bonds is 4. The number of benzene rings is 2. The molecular weight excluding hydrogens is 369 g/mol. The molecule has 3 rings (SSSR count). The lowest BCUT2D eigenvalue weighted by molar-refractivity contribution is -0.118. The van der Waals surface area contributed by atoms with Crippen molar-refractivity contribution < 1.29 is 23.9 Å². The molecule has 8 heteroatoms. The first-order chi connectivity index (χ1) is 12.0. The quantitative estimate of drug-likeness (QED) is 0.650. The lowest BCUT2D eigenvalue weighted by atomic mass is 10.1. The zero-order valence-corrected chi connectivity index (χ0v) is 14.2. The molecule has 6 nitrogen and oxygen atoms in total. The molecule has 0 atom stereocenters. The average Bonchev–Trinajstić information content (AvgIpc) is 2.58. The van der Waals surface area contributed by atoms with Crippen LogP contribution in [0.25, 0.3) is 0 Å². The Hall–Kier alpha value is -2.57. The first kappa shape index (κ1) is 17.3. The number of hydrogen-bond donors (Lipinski definition) is 1. The van der Waals surface area contributed by atoms with Crippen molar-refractivity contribution in [3.8, 4) is 5.75 Å². The highest BCUT2D eigenvalue weighted by atomic mass is 35.5. The Morgan fingerprint density at radius 1 is 1.16 bits per heavy atom. The van der Waals surface area contributed by atoms with Gasteiger partial charge in [-0.05, 0) is 30.3 Å². The molecule has 0 unspecified atom stereocenters. The number of carbonyl (C=O) groups excluding carboxylic acids is 3. The van der Waals surface area contributed by atoms with Gasteiger partial charge in [-0.1, -0.05) is 29.3 Å². The number of Topliss-reactive ketones (excluding diaryl/α,β-unsaturated/α-hetero) is 1. The Kier molecular flexibility index (Phi) is 4.92. The largest absolute Gasteiger partial charge is 0.482 e. The van der Waals surface area contributed by atoms with Gasteiger partial charge in [0.05, 0.1) is 21.3 Å². The second kappa shape index (κ2) is 7.13. The summed E-state index contributed by atoms with van der Waals surface area (Å²) in [5.41, 5.74) is 0.662. The molecule has 0 saturated carbocycles. The number of carbonyl (C=O) groups is 3. The smallest absolute Gasteiger partial charge is 0.341 e. The molecule has 0 fully saturated rings. The Bertz CT molecular complexity index is 861. The van der Waals surface area contributed by atoms with E-state index in [4.69, 9.17) is 32.7 Å². The Balaban J connectivity index is 1.70. The number of fused-ring (bicyclic) bond motifs is 1. The van der Waals surface area contributed by atoms with Crippen molar-refractivity contribution in [2.45, 2.75) is 0 Å². The summed E-state index contributed by atoms with van der Waals surface area (Å²) in [6, 6.07) is 9.14. The van der Waals surface area contributed by atoms with E-state index in [0.29, 0.717) is 11.4 Å². The van der Waals surface area contributed by atoms with E-state index in [1.807, 2.05) is 0 Å². The summed E-state index contributed by atoms with van der Waals surface area (Å²) in [6.45, 7) is -0.565. The Morgan fingerprint density at radius 2 is 1.88 bits per heavy atom. The second-order valence-electron chi connectivity index (χ2n) is 5.14. The van der Waals surface area contributed by atoms with E-state index in [2.05, 4.69) is 5.32 Å². The first-order valence-corrected chi connectivity index (χ1v) is 7.92. The molecular formula is C17H11Cl2NO5. The van der Waals surface area contributed by atoms with Gasteiger partial charge < -0.3 is 14.8 Å². The van der Waals surface area contributed by atoms with Crippen molar-refractivity contribution in [1.29, 1.82) is 0 Å². The normalized spacial score (nSPS) is 12.6. The third-order valence-corrected chi connectivity index (χ3v) is 4.07. The number of anilines is 1. The van der Waals surface area contributed by atoms with E-state index < -0.39 is 18.4 Å². The molecule has 0 radical (unpaired) electrons. The molecule has 1 heterocycles. The SMILES string of the molecule is O=C1COc2ccc(C(=O)COC(=O)c3c(Cl)cccc3Cl)cc2N1. The maximum atomic E-state index is 12.2. The van der Waals surface area contributed by atoms with Gasteiger partial charge in [-0.15, -0.1) is 0 Å². The first-order valence-electron chi connectivity index (χ1n) is 7.17. The van der Waals surface area contributed by atoms with Crippen LogP contribution in [0, 0.1) is 0 Å². The number of hydrogen-bond acceptors (Lipinski definition) is 5. The molecule has 0 aromatic heterocycles. The van der Waals surface area contributed by atoms with Crippen LogP contribution in [0.2, 0.25) is 10.0 Å². The van der Waals surface area contributed by atoms with Gasteiger partial charge in [0.1, 0.15) is 5.75 Å². The van der Waals surface area contributed by atoms with Crippen LogP contribution in [-0.4, -0.2) is 30.9 Å². The van der Waals surface area contributed by atoms with Crippen LogP contribution in [0.3, 0.4) is 0 Å². The highest BCUT2D eigenvalue weighted by molar-refractivity contribution is 6.39. The van der Waals surface area contributed by atoms with Crippen molar-refractivity contribution in [1.82, 2.24) is 0 Å². The second-order valence-corrected chi connectivity index (χ2v) is 5.96. The van der Waals surface area contributed by atoms with Crippen molar-refractivity contribution in [2.75, 3.05) is 18.5 Å². The van der Waals surface area contributed by atoms with Crippen molar-refractivity contribution in [2.24, 2.45) is 0 Å². The zero-order chi connectivity index (χ0) is 18.0. The molecule has 0 bridgehead atoms. The van der Waals surface area contributed by atoms with E-state index in [1.165, 1.54) is 24.3 Å². The van der Waals surface area contributed by atoms with E-state index in [0.717, 1.165) is 0 Å². The van der Waals surface area contributed by atoms with Gasteiger partial charge >= 0.3 is 5.97 Å². The fourth-order valence-electron chi connectivity index (χ4n) is 2.24. The molecule has 1 N–H and O–H groups in total. The monoisotopic (exact) mass is 379 g/mol. The number of amides is 1. The molecule has 2 aromatic rings. The van der Waals surface area contributed by atoms with Crippen molar-refractivity contribution >= 4 is 46.5 Å². The minimum atomic E-state index is -0.793. The Morgan fingerprint density at radius 3 is 2.60 bits per heavy atom. The molecule has 1 amide bonds. The van der Waals surface area contributed by atoms with Crippen molar-refractivity contribution in [3.63, 3.8) is 0 Å². The number of halogens is 2. The minimum Gasteiger partial charge on any atom is -0.482 e. The van der Waals surface area contributed by atoms with Crippen LogP contribution >= 0.6 is 23.2 Å². The summed E-state index contributed by atoms with van der Waals surface area (Å²) in [4.78, 5) is 35.6. The van der Waals surface area contributed by atoms with Crippen molar-refractivity contribution in [3.05, 3.63) is 57.6 Å². The zero-order valence-electron chi connectivity index (χ0n) is 12.7. The lowest BCUT2D eigenvalue weighted by Crippen LogP contribution is -2.25. The van der Waals surface area contributed by atoms with Gasteiger partial charge in [0.15, 0.2) is 19.0 Å². The number of ether oxygens (including phenoxy) is 2. The third kappa shape index (κ3) is 3.75. The molecule has 1 aliphatic rings. The highest BCUT2D eigenvalue weighted by Crippen LogP contribution is 2.29. The topological polar surface area (TPSA) is 81.7 Å². The number of ketones is 1. The summed E-state index contributed by atoms with van der Waals surface area (Å²) >= 11 is 11.9. The number of esters is 1. The molecule has 2 aromatic carbocycles. The van der Waals surface area contributed by atoms with E-state index >= 15 is 0 Å². The lowest BCUT2D eigenvalue weighted by Gasteiger charge is -2.18. The Labute approximate surface area is 152 Å². The summed E-state index contributed by atoms with van der Waals surface area (Å²) < 4.78 is 10.2. The van der Waals surface area contributed by atoms with Gasteiger partial charge in [-0.25, -0.2) is 4.79 Å². The van der Waals surface area contributed by atoms with Gasteiger partial charge in [0, 0.05) is 5.56 Å². The molecule has 1 aliphatic heterocycles. The maximum Gasteiger partial charge on any atom is 0.341 e. The molecule has 128 valence electrons. The highest BCUT2D eigenvalue weighted by Gasteiger charge is 2.20.